The molecule has 1 saturated carbocycles. The third-order valence-corrected chi connectivity index (χ3v) is 4.15. The number of nitrogens with one attached hydrogen (secondary N) is 1. The molecule has 0 saturated heterocycles. The Hall–Kier alpha value is 0.270. The van der Waals surface area contributed by atoms with E-state index >= 15 is 0 Å². The maximum Gasteiger partial charge on any atom is 0.0431 e. The molecule has 2 unspecified atom stereocenters. The molecule has 1 aliphatic rings. The van der Waals surface area contributed by atoms with Crippen LogP contribution in [0.5, 0.6) is 0 Å². The van der Waals surface area contributed by atoms with Gasteiger partial charge in [0, 0.05) is 17.9 Å². The molecular formula is C11H23NOS. The van der Waals surface area contributed by atoms with E-state index in [9.17, 15) is 0 Å². The van der Waals surface area contributed by atoms with Gasteiger partial charge in [0.2, 0.25) is 0 Å². The second kappa shape index (κ2) is 7.55. The summed E-state index contributed by atoms with van der Waals surface area (Å²) in [6, 6.07) is 0.735. The number of aliphatic hydroxyl groups is 1. The molecule has 14 heavy (non-hydrogen) atoms. The van der Waals surface area contributed by atoms with E-state index in [-0.39, 0.29) is 0 Å². The summed E-state index contributed by atoms with van der Waals surface area (Å²) >= 11 is 2.10. The second-order valence-corrected chi connectivity index (χ2v) is 5.43. The van der Waals surface area contributed by atoms with Gasteiger partial charge in [-0.3, -0.25) is 0 Å². The van der Waals surface area contributed by atoms with Crippen LogP contribution in [0.2, 0.25) is 0 Å². The van der Waals surface area contributed by atoms with Crippen LogP contribution in [0, 0.1) is 0 Å². The molecule has 0 amide bonds. The quantitative estimate of drug-likeness (QED) is 0.640. The highest BCUT2D eigenvalue weighted by Gasteiger charge is 2.25. The molecule has 1 rings (SSSR count). The molecule has 84 valence electrons. The molecule has 0 bridgehead atoms. The second-order valence-electron chi connectivity index (χ2n) is 3.92. The largest absolute Gasteiger partial charge is 0.396 e. The lowest BCUT2D eigenvalue weighted by Gasteiger charge is -2.19. The first-order chi connectivity index (χ1) is 6.88. The minimum atomic E-state index is 0.333. The minimum absolute atomic E-state index is 0.333. The highest BCUT2D eigenvalue weighted by atomic mass is 32.2. The molecular weight excluding hydrogens is 194 g/mol. The lowest BCUT2D eigenvalue weighted by molar-refractivity contribution is 0.282. The molecule has 2 nitrogen and oxygen atoms in total. The van der Waals surface area contributed by atoms with Crippen molar-refractivity contribution in [1.29, 1.82) is 0 Å². The SMILES string of the molecule is CCSC1CCCC1NCCCCO. The van der Waals surface area contributed by atoms with E-state index in [1.807, 2.05) is 0 Å². The van der Waals surface area contributed by atoms with Crippen LogP contribution in [-0.2, 0) is 0 Å². The van der Waals surface area contributed by atoms with Gasteiger partial charge < -0.3 is 10.4 Å². The normalized spacial score (nSPS) is 27.0. The molecule has 2 N–H and O–H groups in total. The van der Waals surface area contributed by atoms with Crippen molar-refractivity contribution in [2.45, 2.75) is 50.3 Å². The van der Waals surface area contributed by atoms with Crippen LogP contribution < -0.4 is 5.32 Å². The van der Waals surface area contributed by atoms with Gasteiger partial charge in [0.15, 0.2) is 0 Å². The van der Waals surface area contributed by atoms with Gasteiger partial charge in [-0.1, -0.05) is 13.3 Å². The van der Waals surface area contributed by atoms with E-state index in [0.29, 0.717) is 6.61 Å². The van der Waals surface area contributed by atoms with Crippen molar-refractivity contribution in [3.63, 3.8) is 0 Å². The van der Waals surface area contributed by atoms with E-state index in [1.54, 1.807) is 0 Å². The van der Waals surface area contributed by atoms with Crippen molar-refractivity contribution in [2.75, 3.05) is 18.9 Å². The molecule has 2 atom stereocenters. The van der Waals surface area contributed by atoms with Crippen LogP contribution in [0.3, 0.4) is 0 Å². The Morgan fingerprint density at radius 2 is 2.21 bits per heavy atom. The topological polar surface area (TPSA) is 32.3 Å². The van der Waals surface area contributed by atoms with E-state index in [2.05, 4.69) is 24.0 Å². The fraction of sp³-hybridized carbons (Fsp3) is 1.00. The number of thioether (sulfide) groups is 1. The lowest BCUT2D eigenvalue weighted by Crippen LogP contribution is -2.34. The summed E-state index contributed by atoms with van der Waals surface area (Å²) in [5, 5.41) is 13.1. The highest BCUT2D eigenvalue weighted by molar-refractivity contribution is 7.99. The lowest BCUT2D eigenvalue weighted by atomic mass is 10.2. The molecule has 3 heteroatoms. The van der Waals surface area contributed by atoms with Gasteiger partial charge in [0.25, 0.3) is 0 Å². The molecule has 0 aliphatic heterocycles. The molecule has 1 aliphatic carbocycles. The zero-order valence-corrected chi connectivity index (χ0v) is 9.98. The summed E-state index contributed by atoms with van der Waals surface area (Å²) in [7, 11) is 0. The van der Waals surface area contributed by atoms with Gasteiger partial charge >= 0.3 is 0 Å². The van der Waals surface area contributed by atoms with Gasteiger partial charge in [0.1, 0.15) is 0 Å². The molecule has 0 aromatic heterocycles. The fourth-order valence-electron chi connectivity index (χ4n) is 2.10. The minimum Gasteiger partial charge on any atom is -0.396 e. The predicted molar refractivity (Wildman–Crippen MR) is 63.9 cm³/mol. The number of hydrogen-bond acceptors (Lipinski definition) is 3. The Morgan fingerprint density at radius 1 is 1.36 bits per heavy atom. The van der Waals surface area contributed by atoms with Crippen LogP contribution in [0.25, 0.3) is 0 Å². The van der Waals surface area contributed by atoms with Crippen LogP contribution >= 0.6 is 11.8 Å². The Labute approximate surface area is 91.9 Å². The Morgan fingerprint density at radius 3 is 2.93 bits per heavy atom. The predicted octanol–water partition coefficient (Wildman–Crippen LogP) is 2.02. The number of rotatable bonds is 7. The Kier molecular flexibility index (Phi) is 6.65. The highest BCUT2D eigenvalue weighted by Crippen LogP contribution is 2.29. The summed E-state index contributed by atoms with van der Waals surface area (Å²) in [5.74, 6) is 1.24. The third-order valence-electron chi connectivity index (χ3n) is 2.82. The summed E-state index contributed by atoms with van der Waals surface area (Å²) in [4.78, 5) is 0. The zero-order chi connectivity index (χ0) is 10.2. The van der Waals surface area contributed by atoms with Crippen molar-refractivity contribution in [1.82, 2.24) is 5.32 Å². The van der Waals surface area contributed by atoms with Crippen LogP contribution in [0.15, 0.2) is 0 Å². The summed E-state index contributed by atoms with van der Waals surface area (Å²) in [6.07, 6.45) is 6.16. The summed E-state index contributed by atoms with van der Waals surface area (Å²) < 4.78 is 0. The Balaban J connectivity index is 2.09. The number of unbranched alkanes of at least 4 members (excludes halogenated alkanes) is 1. The first kappa shape index (κ1) is 12.3. The average Bonchev–Trinajstić information content (AvgIpc) is 2.61. The molecule has 0 spiro atoms. The molecule has 0 heterocycles. The van der Waals surface area contributed by atoms with Crippen LogP contribution in [0.4, 0.5) is 0 Å². The standard InChI is InChI=1S/C11H23NOS/c1-2-14-11-7-5-6-10(11)12-8-3-4-9-13/h10-13H,2-9H2,1H3. The van der Waals surface area contributed by atoms with Crippen molar-refractivity contribution < 1.29 is 5.11 Å². The smallest absolute Gasteiger partial charge is 0.0431 e. The van der Waals surface area contributed by atoms with Gasteiger partial charge in [-0.25, -0.2) is 0 Å². The van der Waals surface area contributed by atoms with E-state index in [1.165, 1.54) is 25.0 Å². The maximum atomic E-state index is 8.66. The van der Waals surface area contributed by atoms with Crippen LogP contribution in [0.1, 0.15) is 39.0 Å². The third kappa shape index (κ3) is 4.20. The zero-order valence-electron chi connectivity index (χ0n) is 9.17. The van der Waals surface area contributed by atoms with Crippen molar-refractivity contribution in [3.05, 3.63) is 0 Å². The first-order valence-electron chi connectivity index (χ1n) is 5.84. The average molecular weight is 217 g/mol. The Bertz CT molecular complexity index is 143. The van der Waals surface area contributed by atoms with E-state index in [4.69, 9.17) is 5.11 Å². The van der Waals surface area contributed by atoms with Crippen molar-refractivity contribution in [2.24, 2.45) is 0 Å². The van der Waals surface area contributed by atoms with Crippen molar-refractivity contribution >= 4 is 11.8 Å². The summed E-state index contributed by atoms with van der Waals surface area (Å²) in [6.45, 7) is 3.65. The molecule has 0 aromatic carbocycles. The van der Waals surface area contributed by atoms with Gasteiger partial charge in [0.05, 0.1) is 0 Å². The monoisotopic (exact) mass is 217 g/mol. The molecule has 1 fully saturated rings. The van der Waals surface area contributed by atoms with Crippen LogP contribution in [-0.4, -0.2) is 35.3 Å². The van der Waals surface area contributed by atoms with Crippen molar-refractivity contribution in [3.8, 4) is 0 Å². The number of hydrogen-bond donors (Lipinski definition) is 2. The van der Waals surface area contributed by atoms with E-state index < -0.39 is 0 Å². The van der Waals surface area contributed by atoms with Gasteiger partial charge in [-0.05, 0) is 38.0 Å². The first-order valence-corrected chi connectivity index (χ1v) is 6.89. The number of aliphatic hydroxyl groups excluding tert-OH is 1. The molecule has 0 radical (unpaired) electrons. The maximum absolute atomic E-state index is 8.66. The molecule has 0 aromatic rings. The summed E-state index contributed by atoms with van der Waals surface area (Å²) in [5.41, 5.74) is 0. The van der Waals surface area contributed by atoms with Gasteiger partial charge in [-0.15, -0.1) is 0 Å². The van der Waals surface area contributed by atoms with E-state index in [0.717, 1.165) is 30.7 Å². The van der Waals surface area contributed by atoms with Gasteiger partial charge in [-0.2, -0.15) is 11.8 Å². The fourth-order valence-corrected chi connectivity index (χ4v) is 3.32.